The highest BCUT2D eigenvalue weighted by Crippen LogP contribution is 2.28. The van der Waals surface area contributed by atoms with Gasteiger partial charge in [0.15, 0.2) is 0 Å². The van der Waals surface area contributed by atoms with E-state index < -0.39 is 10.0 Å². The number of para-hydroxylation sites is 1. The Bertz CT molecular complexity index is 1190. The maximum atomic E-state index is 13.5. The fraction of sp³-hybridized carbons (Fsp3) is 0.296. The van der Waals surface area contributed by atoms with E-state index >= 15 is 0 Å². The highest BCUT2D eigenvalue weighted by atomic mass is 32.2. The van der Waals surface area contributed by atoms with Gasteiger partial charge >= 0.3 is 0 Å². The molecule has 1 amide bonds. The van der Waals surface area contributed by atoms with E-state index in [4.69, 9.17) is 4.74 Å². The lowest BCUT2D eigenvalue weighted by molar-refractivity contribution is 0.0932. The molecular formula is C27H32N2O4S. The number of rotatable bonds is 10. The number of carbonyl (C=O) groups is 1. The Morgan fingerprint density at radius 2 is 1.56 bits per heavy atom. The number of carbonyl (C=O) groups excluding carboxylic acids is 1. The Morgan fingerprint density at radius 3 is 2.15 bits per heavy atom. The van der Waals surface area contributed by atoms with Crippen LogP contribution in [0.5, 0.6) is 5.75 Å². The molecule has 3 aromatic rings. The van der Waals surface area contributed by atoms with Gasteiger partial charge in [0.1, 0.15) is 5.75 Å². The number of sulfonamides is 1. The predicted octanol–water partition coefficient (Wildman–Crippen LogP) is 5.18. The molecule has 3 aromatic carbocycles. The summed E-state index contributed by atoms with van der Waals surface area (Å²) < 4.78 is 32.0. The third-order valence-corrected chi connectivity index (χ3v) is 6.64. The number of nitrogens with one attached hydrogen (secondary N) is 1. The van der Waals surface area contributed by atoms with E-state index in [0.717, 1.165) is 29.6 Å². The van der Waals surface area contributed by atoms with E-state index in [0.29, 0.717) is 17.2 Å². The van der Waals surface area contributed by atoms with Gasteiger partial charge in [-0.15, -0.1) is 0 Å². The summed E-state index contributed by atoms with van der Waals surface area (Å²) in [5.41, 5.74) is 2.46. The second kappa shape index (κ2) is 11.2. The van der Waals surface area contributed by atoms with Crippen LogP contribution >= 0.6 is 0 Å². The molecule has 180 valence electrons. The lowest BCUT2D eigenvalue weighted by Crippen LogP contribution is -2.34. The summed E-state index contributed by atoms with van der Waals surface area (Å²) in [5, 5.41) is 3.13. The summed E-state index contributed by atoms with van der Waals surface area (Å²) in [7, 11) is -2.03. The Morgan fingerprint density at radius 1 is 0.941 bits per heavy atom. The van der Waals surface area contributed by atoms with Crippen LogP contribution < -0.4 is 14.4 Å². The molecule has 0 aliphatic heterocycles. The maximum Gasteiger partial charge on any atom is 0.253 e. The molecular weight excluding hydrogens is 448 g/mol. The molecule has 0 spiro atoms. The van der Waals surface area contributed by atoms with Gasteiger partial charge in [-0.1, -0.05) is 68.4 Å². The summed E-state index contributed by atoms with van der Waals surface area (Å²) in [6.07, 6.45) is 1.89. The number of ether oxygens (including phenoxy) is 1. The number of benzene rings is 3. The van der Waals surface area contributed by atoms with Crippen LogP contribution in [0, 0.1) is 5.92 Å². The van der Waals surface area contributed by atoms with Crippen LogP contribution in [0.2, 0.25) is 0 Å². The Kier molecular flexibility index (Phi) is 8.34. The molecule has 3 rings (SSSR count). The fourth-order valence-corrected chi connectivity index (χ4v) is 4.74. The van der Waals surface area contributed by atoms with Crippen molar-refractivity contribution in [3.05, 3.63) is 95.6 Å². The first-order valence-corrected chi connectivity index (χ1v) is 13.1. The number of hydrogen-bond donors (Lipinski definition) is 1. The first kappa shape index (κ1) is 25.3. The van der Waals surface area contributed by atoms with Crippen LogP contribution in [0.25, 0.3) is 0 Å². The molecule has 0 fully saturated rings. The lowest BCUT2D eigenvalue weighted by Gasteiger charge is -2.26. The first-order valence-electron chi connectivity index (χ1n) is 11.2. The van der Waals surface area contributed by atoms with E-state index in [1.165, 1.54) is 4.31 Å². The molecule has 34 heavy (non-hydrogen) atoms. The minimum Gasteiger partial charge on any atom is -0.497 e. The Balaban J connectivity index is 1.94. The molecule has 0 heterocycles. The number of amides is 1. The molecule has 0 aromatic heterocycles. The van der Waals surface area contributed by atoms with Gasteiger partial charge in [-0.3, -0.25) is 9.10 Å². The van der Waals surface area contributed by atoms with Crippen molar-refractivity contribution in [2.75, 3.05) is 17.7 Å². The van der Waals surface area contributed by atoms with Crippen molar-refractivity contribution in [3.8, 4) is 5.75 Å². The molecule has 0 saturated carbocycles. The second-order valence-corrected chi connectivity index (χ2v) is 10.6. The van der Waals surface area contributed by atoms with E-state index in [-0.39, 0.29) is 18.5 Å². The normalized spacial score (nSPS) is 12.3. The minimum atomic E-state index is -3.64. The fourth-order valence-electron chi connectivity index (χ4n) is 3.84. The molecule has 0 aliphatic carbocycles. The van der Waals surface area contributed by atoms with Gasteiger partial charge < -0.3 is 10.1 Å². The monoisotopic (exact) mass is 480 g/mol. The quantitative estimate of drug-likeness (QED) is 0.434. The SMILES string of the molecule is COc1ccc([C@@H](CC(C)C)NC(=O)c2ccccc2N(Cc2ccccc2)S(C)(=O)=O)cc1. The van der Waals surface area contributed by atoms with Crippen molar-refractivity contribution < 1.29 is 17.9 Å². The molecule has 0 aliphatic rings. The van der Waals surface area contributed by atoms with Crippen LogP contribution in [0.3, 0.4) is 0 Å². The van der Waals surface area contributed by atoms with Crippen LogP contribution in [0.4, 0.5) is 5.69 Å². The Hall–Kier alpha value is -3.32. The molecule has 1 N–H and O–H groups in total. The summed E-state index contributed by atoms with van der Waals surface area (Å²) >= 11 is 0. The minimum absolute atomic E-state index is 0.137. The third kappa shape index (κ3) is 6.60. The molecule has 0 bridgehead atoms. The molecule has 1 atom stereocenters. The smallest absolute Gasteiger partial charge is 0.253 e. The van der Waals surface area contributed by atoms with Gasteiger partial charge in [-0.2, -0.15) is 0 Å². The third-order valence-electron chi connectivity index (χ3n) is 5.52. The van der Waals surface area contributed by atoms with Gasteiger partial charge in [0.05, 0.1) is 37.2 Å². The Labute approximate surface area is 202 Å². The van der Waals surface area contributed by atoms with Crippen LogP contribution in [0.15, 0.2) is 78.9 Å². The van der Waals surface area contributed by atoms with Crippen LogP contribution in [-0.4, -0.2) is 27.7 Å². The van der Waals surface area contributed by atoms with Gasteiger partial charge in [0.2, 0.25) is 10.0 Å². The molecule has 7 heteroatoms. The van der Waals surface area contributed by atoms with Crippen LogP contribution in [-0.2, 0) is 16.6 Å². The summed E-state index contributed by atoms with van der Waals surface area (Å²) in [6.45, 7) is 4.33. The first-order chi connectivity index (χ1) is 16.2. The largest absolute Gasteiger partial charge is 0.497 e. The van der Waals surface area contributed by atoms with E-state index in [1.54, 1.807) is 31.4 Å². The van der Waals surface area contributed by atoms with Crippen molar-refractivity contribution in [1.29, 1.82) is 0 Å². The standard InChI is InChI=1S/C27H32N2O4S/c1-20(2)18-25(22-14-16-23(33-3)17-15-22)28-27(30)24-12-8-9-13-26(24)29(34(4,31)32)19-21-10-6-5-7-11-21/h5-17,20,25H,18-19H2,1-4H3,(H,28,30)/t25-/m1/s1. The number of nitrogens with zero attached hydrogens (tertiary/aromatic N) is 1. The summed E-state index contributed by atoms with van der Waals surface area (Å²) in [4.78, 5) is 13.5. The van der Waals surface area contributed by atoms with Crippen molar-refractivity contribution >= 4 is 21.6 Å². The van der Waals surface area contributed by atoms with Gasteiger partial charge in [-0.25, -0.2) is 8.42 Å². The predicted molar refractivity (Wildman–Crippen MR) is 137 cm³/mol. The van der Waals surface area contributed by atoms with Gasteiger partial charge in [0.25, 0.3) is 5.91 Å². The van der Waals surface area contributed by atoms with E-state index in [2.05, 4.69) is 19.2 Å². The zero-order chi connectivity index (χ0) is 24.7. The second-order valence-electron chi connectivity index (χ2n) is 8.70. The van der Waals surface area contributed by atoms with Gasteiger partial charge in [0, 0.05) is 0 Å². The van der Waals surface area contributed by atoms with Crippen LogP contribution in [0.1, 0.15) is 47.8 Å². The van der Waals surface area contributed by atoms with E-state index in [1.807, 2.05) is 54.6 Å². The van der Waals surface area contributed by atoms with Crippen molar-refractivity contribution in [1.82, 2.24) is 5.32 Å². The summed E-state index contributed by atoms with van der Waals surface area (Å²) in [6, 6.07) is 23.5. The molecule has 0 radical (unpaired) electrons. The summed E-state index contributed by atoms with van der Waals surface area (Å²) in [5.74, 6) is 0.764. The number of hydrogen-bond acceptors (Lipinski definition) is 4. The van der Waals surface area contributed by atoms with Crippen molar-refractivity contribution in [2.24, 2.45) is 5.92 Å². The maximum absolute atomic E-state index is 13.5. The molecule has 0 unspecified atom stereocenters. The highest BCUT2D eigenvalue weighted by molar-refractivity contribution is 7.92. The van der Waals surface area contributed by atoms with Crippen molar-refractivity contribution in [3.63, 3.8) is 0 Å². The highest BCUT2D eigenvalue weighted by Gasteiger charge is 2.25. The molecule has 0 saturated heterocycles. The number of anilines is 1. The zero-order valence-corrected chi connectivity index (χ0v) is 20.9. The number of methoxy groups -OCH3 is 1. The molecule has 6 nitrogen and oxygen atoms in total. The van der Waals surface area contributed by atoms with E-state index in [9.17, 15) is 13.2 Å². The van der Waals surface area contributed by atoms with Crippen molar-refractivity contribution in [2.45, 2.75) is 32.9 Å². The lowest BCUT2D eigenvalue weighted by atomic mass is 9.96. The topological polar surface area (TPSA) is 75.7 Å². The average molecular weight is 481 g/mol. The zero-order valence-electron chi connectivity index (χ0n) is 20.1. The average Bonchev–Trinajstić information content (AvgIpc) is 2.82. The van der Waals surface area contributed by atoms with Gasteiger partial charge in [-0.05, 0) is 47.7 Å².